The van der Waals surface area contributed by atoms with E-state index in [1.807, 2.05) is 13.8 Å². The van der Waals surface area contributed by atoms with Gasteiger partial charge in [0.25, 0.3) is 0 Å². The summed E-state index contributed by atoms with van der Waals surface area (Å²) in [6.07, 6.45) is 1.94. The summed E-state index contributed by atoms with van der Waals surface area (Å²) in [4.78, 5) is 37.4. The van der Waals surface area contributed by atoms with Crippen molar-refractivity contribution in [3.8, 4) is 0 Å². The average Bonchev–Trinajstić information content (AvgIpc) is 2.90. The van der Waals surface area contributed by atoms with E-state index in [-0.39, 0.29) is 28.6 Å². The highest BCUT2D eigenvalue weighted by molar-refractivity contribution is 6.15. The first-order chi connectivity index (χ1) is 10.8. The predicted molar refractivity (Wildman–Crippen MR) is 85.0 cm³/mol. The molecule has 2 atom stereocenters. The molecule has 2 unspecified atom stereocenters. The number of fused-ring (bicyclic) bond motifs is 2. The van der Waals surface area contributed by atoms with Gasteiger partial charge in [0.05, 0.1) is 18.4 Å². The van der Waals surface area contributed by atoms with Crippen LogP contribution < -0.4 is 5.32 Å². The quantitative estimate of drug-likeness (QED) is 0.687. The Balaban J connectivity index is 1.94. The number of Topliss-reactive ketones (excluding diaryl/α,β-unsaturated/α-hetero) is 1. The van der Waals surface area contributed by atoms with Crippen LogP contribution in [0.2, 0.25) is 0 Å². The molecule has 2 bridgehead atoms. The van der Waals surface area contributed by atoms with Crippen molar-refractivity contribution in [2.24, 2.45) is 16.7 Å². The Morgan fingerprint density at radius 1 is 1.26 bits per heavy atom. The minimum atomic E-state index is -0.985. The van der Waals surface area contributed by atoms with Crippen LogP contribution in [0, 0.1) is 16.7 Å². The fraction of sp³-hybridized carbons (Fsp3) is 0.500. The number of carbonyl (C=O) groups is 3. The number of methoxy groups -OCH3 is 1. The number of nitrogens with one attached hydrogen (secondary N) is 1. The highest BCUT2D eigenvalue weighted by Crippen LogP contribution is 2.64. The summed E-state index contributed by atoms with van der Waals surface area (Å²) in [6.45, 7) is 4.00. The molecule has 2 aliphatic rings. The molecule has 2 aliphatic carbocycles. The lowest BCUT2D eigenvalue weighted by Crippen LogP contribution is -2.46. The SMILES string of the molecule is COC(=O)c1ccccc1NC(=O)C12CCC(CC1=O)C2(C)C. The summed E-state index contributed by atoms with van der Waals surface area (Å²) in [7, 11) is 1.30. The molecule has 0 radical (unpaired) electrons. The number of benzene rings is 1. The van der Waals surface area contributed by atoms with Crippen LogP contribution in [0.25, 0.3) is 0 Å². The Bertz CT molecular complexity index is 694. The lowest BCUT2D eigenvalue weighted by atomic mass is 9.68. The van der Waals surface area contributed by atoms with Crippen molar-refractivity contribution in [1.29, 1.82) is 0 Å². The van der Waals surface area contributed by atoms with Gasteiger partial charge in [-0.05, 0) is 36.3 Å². The molecule has 0 aromatic heterocycles. The number of ketones is 1. The number of carbonyl (C=O) groups excluding carboxylic acids is 3. The zero-order valence-corrected chi connectivity index (χ0v) is 13.6. The zero-order chi connectivity index (χ0) is 16.8. The van der Waals surface area contributed by atoms with Gasteiger partial charge in [0.1, 0.15) is 11.2 Å². The molecule has 0 heterocycles. The molecule has 1 amide bonds. The summed E-state index contributed by atoms with van der Waals surface area (Å²) >= 11 is 0. The Kier molecular flexibility index (Phi) is 3.54. The molecule has 1 N–H and O–H groups in total. The van der Waals surface area contributed by atoms with Gasteiger partial charge in [-0.25, -0.2) is 4.79 Å². The molecular weight excluding hydrogens is 294 g/mol. The number of anilines is 1. The van der Waals surface area contributed by atoms with E-state index < -0.39 is 11.4 Å². The van der Waals surface area contributed by atoms with Crippen LogP contribution in [0.5, 0.6) is 0 Å². The molecule has 2 fully saturated rings. The maximum Gasteiger partial charge on any atom is 0.339 e. The van der Waals surface area contributed by atoms with Crippen molar-refractivity contribution in [3.05, 3.63) is 29.8 Å². The topological polar surface area (TPSA) is 72.5 Å². The number of hydrogen-bond donors (Lipinski definition) is 1. The monoisotopic (exact) mass is 315 g/mol. The summed E-state index contributed by atoms with van der Waals surface area (Å²) < 4.78 is 4.75. The second-order valence-corrected chi connectivity index (χ2v) is 6.98. The smallest absolute Gasteiger partial charge is 0.339 e. The van der Waals surface area contributed by atoms with E-state index in [1.54, 1.807) is 24.3 Å². The maximum atomic E-state index is 13.0. The number of esters is 1. The van der Waals surface area contributed by atoms with E-state index in [9.17, 15) is 14.4 Å². The van der Waals surface area contributed by atoms with Crippen LogP contribution in [-0.2, 0) is 14.3 Å². The van der Waals surface area contributed by atoms with E-state index in [1.165, 1.54) is 7.11 Å². The third kappa shape index (κ3) is 2.02. The molecule has 3 rings (SSSR count). The highest BCUT2D eigenvalue weighted by Gasteiger charge is 2.68. The normalized spacial score (nSPS) is 27.8. The molecule has 0 spiro atoms. The Labute approximate surface area is 135 Å². The Morgan fingerprint density at radius 2 is 1.96 bits per heavy atom. The molecule has 0 saturated heterocycles. The maximum absolute atomic E-state index is 13.0. The van der Waals surface area contributed by atoms with Crippen LogP contribution in [0.3, 0.4) is 0 Å². The van der Waals surface area contributed by atoms with Crippen molar-refractivity contribution in [3.63, 3.8) is 0 Å². The summed E-state index contributed by atoms with van der Waals surface area (Å²) in [6, 6.07) is 6.69. The molecule has 1 aromatic rings. The van der Waals surface area contributed by atoms with Gasteiger partial charge in [0, 0.05) is 6.42 Å². The van der Waals surface area contributed by atoms with Crippen LogP contribution in [0.1, 0.15) is 43.5 Å². The minimum absolute atomic E-state index is 0.0202. The first kappa shape index (κ1) is 15.7. The fourth-order valence-electron chi connectivity index (χ4n) is 4.32. The van der Waals surface area contributed by atoms with E-state index in [0.717, 1.165) is 6.42 Å². The van der Waals surface area contributed by atoms with Crippen LogP contribution in [0.4, 0.5) is 5.69 Å². The van der Waals surface area contributed by atoms with Gasteiger partial charge in [-0.3, -0.25) is 9.59 Å². The summed E-state index contributed by atoms with van der Waals surface area (Å²) in [5.41, 5.74) is -0.662. The van der Waals surface area contributed by atoms with E-state index in [0.29, 0.717) is 18.5 Å². The van der Waals surface area contributed by atoms with Crippen molar-refractivity contribution in [2.75, 3.05) is 12.4 Å². The van der Waals surface area contributed by atoms with Crippen LogP contribution in [0.15, 0.2) is 24.3 Å². The summed E-state index contributed by atoms with van der Waals surface area (Å²) in [5.74, 6) is -0.535. The average molecular weight is 315 g/mol. The number of hydrogen-bond acceptors (Lipinski definition) is 4. The molecule has 5 nitrogen and oxygen atoms in total. The first-order valence-electron chi connectivity index (χ1n) is 7.86. The zero-order valence-electron chi connectivity index (χ0n) is 13.6. The highest BCUT2D eigenvalue weighted by atomic mass is 16.5. The molecule has 1 aromatic carbocycles. The van der Waals surface area contributed by atoms with Crippen molar-refractivity contribution in [2.45, 2.75) is 33.1 Å². The molecule has 122 valence electrons. The molecule has 23 heavy (non-hydrogen) atoms. The standard InChI is InChI=1S/C18H21NO4/c1-17(2)11-8-9-18(17,14(20)10-11)16(22)19-13-7-5-4-6-12(13)15(21)23-3/h4-7,11H,8-10H2,1-3H3,(H,19,22). The van der Waals surface area contributed by atoms with Gasteiger partial charge >= 0.3 is 5.97 Å². The minimum Gasteiger partial charge on any atom is -0.465 e. The molecule has 0 aliphatic heterocycles. The summed E-state index contributed by atoms with van der Waals surface area (Å²) in [5, 5.41) is 2.81. The number of ether oxygens (including phenoxy) is 1. The van der Waals surface area contributed by atoms with Gasteiger partial charge in [-0.1, -0.05) is 26.0 Å². The second kappa shape index (κ2) is 5.18. The predicted octanol–water partition coefficient (Wildman–Crippen LogP) is 2.81. The Morgan fingerprint density at radius 3 is 2.52 bits per heavy atom. The van der Waals surface area contributed by atoms with Crippen molar-refractivity contribution >= 4 is 23.3 Å². The van der Waals surface area contributed by atoms with Gasteiger partial charge < -0.3 is 10.1 Å². The van der Waals surface area contributed by atoms with Crippen molar-refractivity contribution < 1.29 is 19.1 Å². The molecule has 2 saturated carbocycles. The van der Waals surface area contributed by atoms with E-state index >= 15 is 0 Å². The number of para-hydroxylation sites is 1. The third-order valence-corrected chi connectivity index (χ3v) is 5.86. The third-order valence-electron chi connectivity index (χ3n) is 5.86. The number of amides is 1. The Hall–Kier alpha value is -2.17. The van der Waals surface area contributed by atoms with Gasteiger partial charge in [0.15, 0.2) is 0 Å². The van der Waals surface area contributed by atoms with E-state index in [2.05, 4.69) is 5.32 Å². The van der Waals surface area contributed by atoms with E-state index in [4.69, 9.17) is 4.74 Å². The fourth-order valence-corrected chi connectivity index (χ4v) is 4.32. The lowest BCUT2D eigenvalue weighted by molar-refractivity contribution is -0.141. The second-order valence-electron chi connectivity index (χ2n) is 6.98. The largest absolute Gasteiger partial charge is 0.465 e. The van der Waals surface area contributed by atoms with Crippen LogP contribution in [-0.4, -0.2) is 24.8 Å². The molecular formula is C18H21NO4. The van der Waals surface area contributed by atoms with Gasteiger partial charge in [-0.15, -0.1) is 0 Å². The lowest BCUT2D eigenvalue weighted by Gasteiger charge is -2.35. The molecule has 5 heteroatoms. The number of rotatable bonds is 3. The van der Waals surface area contributed by atoms with Crippen LogP contribution >= 0.6 is 0 Å². The van der Waals surface area contributed by atoms with Gasteiger partial charge in [0.2, 0.25) is 5.91 Å². The van der Waals surface area contributed by atoms with Gasteiger partial charge in [-0.2, -0.15) is 0 Å². The first-order valence-corrected chi connectivity index (χ1v) is 7.86. The van der Waals surface area contributed by atoms with Crippen molar-refractivity contribution in [1.82, 2.24) is 0 Å².